The minimum absolute atomic E-state index is 0.0288. The zero-order chi connectivity index (χ0) is 18.0. The maximum absolute atomic E-state index is 12.5. The number of nitrogens with one attached hydrogen (secondary N) is 1. The first-order chi connectivity index (χ1) is 12.0. The second-order valence-electron chi connectivity index (χ2n) is 5.29. The van der Waals surface area contributed by atoms with Crippen molar-refractivity contribution in [1.82, 2.24) is 4.98 Å². The Kier molecular flexibility index (Phi) is 4.92. The molecule has 25 heavy (non-hydrogen) atoms. The predicted octanol–water partition coefficient (Wildman–Crippen LogP) is 4.74. The monoisotopic (exact) mass is 374 g/mol. The standard InChI is InChI=1S/C18H15ClN2O3S/c1-10-20-16(9-25-10)14-7-11(3-6-15(14)19)21-18(23)13-5-4-12(22)8-17(13)24-2/h3-9,22H,1-2H3,(H,21,23). The molecule has 128 valence electrons. The molecule has 0 fully saturated rings. The fourth-order valence-corrected chi connectivity index (χ4v) is 3.18. The molecule has 0 aliphatic heterocycles. The zero-order valence-electron chi connectivity index (χ0n) is 13.5. The largest absolute Gasteiger partial charge is 0.508 e. The van der Waals surface area contributed by atoms with E-state index in [1.54, 1.807) is 18.2 Å². The van der Waals surface area contributed by atoms with E-state index in [2.05, 4.69) is 10.3 Å². The van der Waals surface area contributed by atoms with Gasteiger partial charge in [-0.1, -0.05) is 11.6 Å². The molecule has 0 bridgehead atoms. The first-order valence-corrected chi connectivity index (χ1v) is 8.64. The van der Waals surface area contributed by atoms with Crippen molar-refractivity contribution in [3.63, 3.8) is 0 Å². The van der Waals surface area contributed by atoms with Crippen LogP contribution >= 0.6 is 22.9 Å². The van der Waals surface area contributed by atoms with Gasteiger partial charge in [0, 0.05) is 22.7 Å². The van der Waals surface area contributed by atoms with E-state index in [9.17, 15) is 9.90 Å². The Morgan fingerprint density at radius 2 is 2.08 bits per heavy atom. The number of halogens is 1. The van der Waals surface area contributed by atoms with Crippen LogP contribution in [0, 0.1) is 6.92 Å². The third-order valence-corrected chi connectivity index (χ3v) is 4.65. The normalized spacial score (nSPS) is 10.5. The summed E-state index contributed by atoms with van der Waals surface area (Å²) < 4.78 is 5.15. The van der Waals surface area contributed by atoms with Crippen molar-refractivity contribution in [3.05, 3.63) is 57.4 Å². The molecule has 7 heteroatoms. The quantitative estimate of drug-likeness (QED) is 0.692. The van der Waals surface area contributed by atoms with Gasteiger partial charge in [0.2, 0.25) is 0 Å². The van der Waals surface area contributed by atoms with E-state index in [-0.39, 0.29) is 11.7 Å². The van der Waals surface area contributed by atoms with Crippen LogP contribution in [0.25, 0.3) is 11.3 Å². The maximum Gasteiger partial charge on any atom is 0.259 e. The van der Waals surface area contributed by atoms with E-state index in [1.165, 1.54) is 36.6 Å². The number of rotatable bonds is 4. The number of carbonyl (C=O) groups excluding carboxylic acids is 1. The van der Waals surface area contributed by atoms with E-state index in [1.807, 2.05) is 12.3 Å². The van der Waals surface area contributed by atoms with Crippen LogP contribution in [0.3, 0.4) is 0 Å². The lowest BCUT2D eigenvalue weighted by Crippen LogP contribution is -2.13. The number of aromatic hydroxyl groups is 1. The van der Waals surface area contributed by atoms with Crippen molar-refractivity contribution in [1.29, 1.82) is 0 Å². The first kappa shape index (κ1) is 17.3. The topological polar surface area (TPSA) is 71.5 Å². The Morgan fingerprint density at radius 3 is 2.76 bits per heavy atom. The molecule has 0 saturated carbocycles. The lowest BCUT2D eigenvalue weighted by molar-refractivity contribution is 0.102. The van der Waals surface area contributed by atoms with Crippen molar-refractivity contribution in [3.8, 4) is 22.8 Å². The van der Waals surface area contributed by atoms with Gasteiger partial charge in [0.15, 0.2) is 0 Å². The number of ether oxygens (including phenoxy) is 1. The molecule has 3 rings (SSSR count). The number of hydrogen-bond donors (Lipinski definition) is 2. The van der Waals surface area contributed by atoms with E-state index in [0.29, 0.717) is 22.0 Å². The van der Waals surface area contributed by atoms with Gasteiger partial charge in [0.1, 0.15) is 11.5 Å². The van der Waals surface area contributed by atoms with Gasteiger partial charge in [0.05, 0.1) is 28.4 Å². The number of thiazole rings is 1. The molecule has 0 saturated heterocycles. The maximum atomic E-state index is 12.5. The smallest absolute Gasteiger partial charge is 0.259 e. The van der Waals surface area contributed by atoms with Crippen LogP contribution in [0.5, 0.6) is 11.5 Å². The fourth-order valence-electron chi connectivity index (χ4n) is 2.35. The van der Waals surface area contributed by atoms with Crippen molar-refractivity contribution in [2.24, 2.45) is 0 Å². The average Bonchev–Trinajstić information content (AvgIpc) is 3.02. The summed E-state index contributed by atoms with van der Waals surface area (Å²) in [6.07, 6.45) is 0. The molecule has 0 atom stereocenters. The number of phenolic OH excluding ortho intramolecular Hbond substituents is 1. The summed E-state index contributed by atoms with van der Waals surface area (Å²) in [4.78, 5) is 17.0. The molecule has 0 unspecified atom stereocenters. The molecule has 1 amide bonds. The van der Waals surface area contributed by atoms with Crippen LogP contribution in [0.2, 0.25) is 5.02 Å². The molecule has 0 radical (unpaired) electrons. The highest BCUT2D eigenvalue weighted by Crippen LogP contribution is 2.32. The Labute approximate surface area is 153 Å². The number of nitrogens with zero attached hydrogens (tertiary/aromatic N) is 1. The first-order valence-electron chi connectivity index (χ1n) is 7.38. The number of methoxy groups -OCH3 is 1. The molecule has 1 heterocycles. The number of aryl methyl sites for hydroxylation is 1. The summed E-state index contributed by atoms with van der Waals surface area (Å²) in [5.74, 6) is -0.0255. The van der Waals surface area contributed by atoms with Gasteiger partial charge in [-0.05, 0) is 37.3 Å². The van der Waals surface area contributed by atoms with Crippen molar-refractivity contribution >= 4 is 34.5 Å². The van der Waals surface area contributed by atoms with Gasteiger partial charge in [-0.25, -0.2) is 4.98 Å². The van der Waals surface area contributed by atoms with Gasteiger partial charge < -0.3 is 15.2 Å². The summed E-state index contributed by atoms with van der Waals surface area (Å²) in [6, 6.07) is 9.54. The number of anilines is 1. The van der Waals surface area contributed by atoms with Gasteiger partial charge in [0.25, 0.3) is 5.91 Å². The third kappa shape index (κ3) is 3.75. The summed E-state index contributed by atoms with van der Waals surface area (Å²) in [6.45, 7) is 1.92. The van der Waals surface area contributed by atoms with Crippen molar-refractivity contribution in [2.75, 3.05) is 12.4 Å². The van der Waals surface area contributed by atoms with Gasteiger partial charge in [-0.2, -0.15) is 0 Å². The average molecular weight is 375 g/mol. The molecule has 0 aliphatic carbocycles. The van der Waals surface area contributed by atoms with Crippen LogP contribution in [0.4, 0.5) is 5.69 Å². The van der Waals surface area contributed by atoms with Crippen LogP contribution in [-0.2, 0) is 0 Å². The Bertz CT molecular complexity index is 940. The SMILES string of the molecule is COc1cc(O)ccc1C(=O)Nc1ccc(Cl)c(-c2csc(C)n2)c1. The van der Waals surface area contributed by atoms with E-state index in [4.69, 9.17) is 16.3 Å². The number of benzene rings is 2. The van der Waals surface area contributed by atoms with E-state index >= 15 is 0 Å². The third-order valence-electron chi connectivity index (χ3n) is 3.55. The summed E-state index contributed by atoms with van der Waals surface area (Å²) in [5, 5.41) is 15.7. The Balaban J connectivity index is 1.90. The minimum atomic E-state index is -0.348. The lowest BCUT2D eigenvalue weighted by atomic mass is 10.1. The summed E-state index contributed by atoms with van der Waals surface area (Å²) in [5.41, 5.74) is 2.43. The van der Waals surface area contributed by atoms with Crippen molar-refractivity contribution < 1.29 is 14.6 Å². The fraction of sp³-hybridized carbons (Fsp3) is 0.111. The van der Waals surface area contributed by atoms with Crippen LogP contribution in [0.1, 0.15) is 15.4 Å². The van der Waals surface area contributed by atoms with Crippen LogP contribution in [0.15, 0.2) is 41.8 Å². The summed E-state index contributed by atoms with van der Waals surface area (Å²) in [7, 11) is 1.44. The van der Waals surface area contributed by atoms with E-state index < -0.39 is 0 Å². The number of aromatic nitrogens is 1. The second kappa shape index (κ2) is 7.13. The van der Waals surface area contributed by atoms with Gasteiger partial charge in [-0.3, -0.25) is 4.79 Å². The predicted molar refractivity (Wildman–Crippen MR) is 99.9 cm³/mol. The molecular weight excluding hydrogens is 360 g/mol. The molecule has 5 nitrogen and oxygen atoms in total. The highest BCUT2D eigenvalue weighted by Gasteiger charge is 2.15. The summed E-state index contributed by atoms with van der Waals surface area (Å²) >= 11 is 7.80. The molecule has 0 spiro atoms. The highest BCUT2D eigenvalue weighted by atomic mass is 35.5. The number of amides is 1. The van der Waals surface area contributed by atoms with Crippen LogP contribution < -0.4 is 10.1 Å². The molecule has 3 aromatic rings. The molecule has 0 aliphatic rings. The van der Waals surface area contributed by atoms with E-state index in [0.717, 1.165) is 16.3 Å². The van der Waals surface area contributed by atoms with Crippen LogP contribution in [-0.4, -0.2) is 23.1 Å². The number of hydrogen-bond acceptors (Lipinski definition) is 5. The Morgan fingerprint density at radius 1 is 1.28 bits per heavy atom. The number of carbonyl (C=O) groups is 1. The molecule has 2 N–H and O–H groups in total. The lowest BCUT2D eigenvalue weighted by Gasteiger charge is -2.11. The molecule has 2 aromatic carbocycles. The minimum Gasteiger partial charge on any atom is -0.508 e. The zero-order valence-corrected chi connectivity index (χ0v) is 15.1. The molecule has 1 aromatic heterocycles. The second-order valence-corrected chi connectivity index (χ2v) is 6.75. The van der Waals surface area contributed by atoms with Gasteiger partial charge >= 0.3 is 0 Å². The van der Waals surface area contributed by atoms with Crippen molar-refractivity contribution in [2.45, 2.75) is 6.92 Å². The molecular formula is C18H15ClN2O3S. The number of phenols is 1. The van der Waals surface area contributed by atoms with Gasteiger partial charge in [-0.15, -0.1) is 11.3 Å². The highest BCUT2D eigenvalue weighted by molar-refractivity contribution is 7.09. The Hall–Kier alpha value is -2.57.